The van der Waals surface area contributed by atoms with Crippen LogP contribution in [0.2, 0.25) is 0 Å². The minimum atomic E-state index is 0.912. The first kappa shape index (κ1) is 14.4. The third-order valence-corrected chi connectivity index (χ3v) is 4.91. The number of benzene rings is 1. The Morgan fingerprint density at radius 1 is 1.22 bits per heavy atom. The van der Waals surface area contributed by atoms with Crippen LogP contribution in [-0.2, 0) is 7.05 Å². The highest BCUT2D eigenvalue weighted by atomic mass is 32.1. The van der Waals surface area contributed by atoms with E-state index in [0.29, 0.717) is 0 Å². The number of aromatic nitrogens is 3. The molecule has 4 rings (SSSR count). The summed E-state index contributed by atoms with van der Waals surface area (Å²) in [6.07, 6.45) is 5.11. The normalized spacial score (nSPS) is 14.7. The van der Waals surface area contributed by atoms with Crippen molar-refractivity contribution in [1.29, 1.82) is 0 Å². The molecule has 1 aromatic carbocycles. The standard InChI is InChI=1S/C18H18N4S/c1-22-16(18-20-11-12-23-18)15(13-5-3-2-4-6-13)21-17(22)14-7-9-19-10-8-14/h2-7,11-12,19H,8-10H2,1H3. The van der Waals surface area contributed by atoms with Crippen molar-refractivity contribution >= 4 is 16.9 Å². The van der Waals surface area contributed by atoms with Gasteiger partial charge >= 0.3 is 0 Å². The molecule has 116 valence electrons. The summed E-state index contributed by atoms with van der Waals surface area (Å²) >= 11 is 1.66. The molecule has 3 heterocycles. The smallest absolute Gasteiger partial charge is 0.142 e. The Bertz CT molecular complexity index is 832. The van der Waals surface area contributed by atoms with Gasteiger partial charge in [-0.25, -0.2) is 9.97 Å². The average molecular weight is 322 g/mol. The summed E-state index contributed by atoms with van der Waals surface area (Å²) in [4.78, 5) is 9.51. The summed E-state index contributed by atoms with van der Waals surface area (Å²) in [6.45, 7) is 1.92. The highest BCUT2D eigenvalue weighted by molar-refractivity contribution is 7.13. The van der Waals surface area contributed by atoms with Crippen LogP contribution in [0, 0.1) is 0 Å². The molecule has 0 radical (unpaired) electrons. The number of hydrogen-bond acceptors (Lipinski definition) is 4. The van der Waals surface area contributed by atoms with E-state index in [1.54, 1.807) is 11.3 Å². The molecule has 0 atom stereocenters. The van der Waals surface area contributed by atoms with E-state index in [1.807, 2.05) is 17.6 Å². The van der Waals surface area contributed by atoms with Gasteiger partial charge in [-0.05, 0) is 18.5 Å². The largest absolute Gasteiger partial charge is 0.325 e. The lowest BCUT2D eigenvalue weighted by atomic mass is 10.1. The van der Waals surface area contributed by atoms with Crippen molar-refractivity contribution in [2.45, 2.75) is 6.42 Å². The van der Waals surface area contributed by atoms with Gasteiger partial charge in [0.25, 0.3) is 0 Å². The first-order chi connectivity index (χ1) is 11.3. The number of rotatable bonds is 3. The fraction of sp³-hybridized carbons (Fsp3) is 0.222. The molecule has 3 aromatic rings. The van der Waals surface area contributed by atoms with E-state index >= 15 is 0 Å². The van der Waals surface area contributed by atoms with Crippen molar-refractivity contribution in [1.82, 2.24) is 19.9 Å². The summed E-state index contributed by atoms with van der Waals surface area (Å²) < 4.78 is 2.19. The molecule has 0 saturated carbocycles. The lowest BCUT2D eigenvalue weighted by molar-refractivity contribution is 0.729. The van der Waals surface area contributed by atoms with Crippen LogP contribution in [0.25, 0.3) is 27.5 Å². The summed E-state index contributed by atoms with van der Waals surface area (Å²) in [5, 5.41) is 6.39. The van der Waals surface area contributed by atoms with Gasteiger partial charge < -0.3 is 9.88 Å². The Morgan fingerprint density at radius 2 is 2.09 bits per heavy atom. The van der Waals surface area contributed by atoms with Crippen LogP contribution in [0.15, 0.2) is 48.0 Å². The molecule has 23 heavy (non-hydrogen) atoms. The van der Waals surface area contributed by atoms with E-state index in [4.69, 9.17) is 4.98 Å². The lowest BCUT2D eigenvalue weighted by Crippen LogP contribution is -2.21. The van der Waals surface area contributed by atoms with Gasteiger partial charge in [0.15, 0.2) is 0 Å². The second-order valence-electron chi connectivity index (χ2n) is 5.58. The summed E-state index contributed by atoms with van der Waals surface area (Å²) in [5.74, 6) is 1.05. The molecular formula is C18H18N4S. The van der Waals surface area contributed by atoms with E-state index in [0.717, 1.165) is 47.3 Å². The highest BCUT2D eigenvalue weighted by Crippen LogP contribution is 2.35. The Hall–Kier alpha value is -2.24. The molecule has 0 spiro atoms. The lowest BCUT2D eigenvalue weighted by Gasteiger charge is -2.13. The Balaban J connectivity index is 1.92. The van der Waals surface area contributed by atoms with E-state index in [2.05, 4.69) is 52.3 Å². The first-order valence-corrected chi connectivity index (χ1v) is 8.64. The summed E-state index contributed by atoms with van der Waals surface area (Å²) in [6, 6.07) is 10.4. The van der Waals surface area contributed by atoms with Crippen LogP contribution >= 0.6 is 11.3 Å². The molecule has 1 aliphatic heterocycles. The number of nitrogens with one attached hydrogen (secondary N) is 1. The number of imidazole rings is 1. The second kappa shape index (κ2) is 6.10. The van der Waals surface area contributed by atoms with Gasteiger partial charge in [0.2, 0.25) is 0 Å². The van der Waals surface area contributed by atoms with Crippen LogP contribution in [0.5, 0.6) is 0 Å². The molecule has 0 saturated heterocycles. The Labute approximate surface area is 139 Å². The van der Waals surface area contributed by atoms with Crippen LogP contribution in [0.1, 0.15) is 12.2 Å². The van der Waals surface area contributed by atoms with E-state index in [1.165, 1.54) is 5.57 Å². The molecule has 0 fully saturated rings. The zero-order valence-corrected chi connectivity index (χ0v) is 13.8. The van der Waals surface area contributed by atoms with Crippen molar-refractivity contribution in [3.63, 3.8) is 0 Å². The number of thiazole rings is 1. The fourth-order valence-electron chi connectivity index (χ4n) is 2.99. The number of hydrogen-bond donors (Lipinski definition) is 1. The van der Waals surface area contributed by atoms with E-state index in [9.17, 15) is 0 Å². The van der Waals surface area contributed by atoms with Crippen molar-refractivity contribution in [2.24, 2.45) is 7.05 Å². The molecule has 0 amide bonds. The van der Waals surface area contributed by atoms with Gasteiger partial charge in [-0.1, -0.05) is 36.4 Å². The van der Waals surface area contributed by atoms with Gasteiger partial charge in [-0.2, -0.15) is 0 Å². The van der Waals surface area contributed by atoms with Gasteiger partial charge in [-0.3, -0.25) is 0 Å². The molecule has 1 aliphatic rings. The third kappa shape index (κ3) is 2.62. The summed E-state index contributed by atoms with van der Waals surface area (Å²) in [7, 11) is 2.09. The highest BCUT2D eigenvalue weighted by Gasteiger charge is 2.21. The molecule has 0 unspecified atom stereocenters. The van der Waals surface area contributed by atoms with Crippen LogP contribution < -0.4 is 5.32 Å². The predicted octanol–water partition coefficient (Wildman–Crippen LogP) is 3.59. The quantitative estimate of drug-likeness (QED) is 0.801. The van der Waals surface area contributed by atoms with Gasteiger partial charge in [0.05, 0.1) is 5.69 Å². The topological polar surface area (TPSA) is 42.7 Å². The van der Waals surface area contributed by atoms with Crippen molar-refractivity contribution in [2.75, 3.05) is 13.1 Å². The monoisotopic (exact) mass is 322 g/mol. The van der Waals surface area contributed by atoms with Crippen LogP contribution in [0.4, 0.5) is 0 Å². The van der Waals surface area contributed by atoms with Crippen LogP contribution in [-0.4, -0.2) is 27.6 Å². The maximum Gasteiger partial charge on any atom is 0.142 e. The summed E-state index contributed by atoms with van der Waals surface area (Å²) in [5.41, 5.74) is 4.55. The molecule has 4 nitrogen and oxygen atoms in total. The molecule has 0 aliphatic carbocycles. The molecule has 2 aromatic heterocycles. The van der Waals surface area contributed by atoms with E-state index in [-0.39, 0.29) is 0 Å². The average Bonchev–Trinajstić information content (AvgIpc) is 3.24. The van der Waals surface area contributed by atoms with Crippen LogP contribution in [0.3, 0.4) is 0 Å². The van der Waals surface area contributed by atoms with Crippen molar-refractivity contribution < 1.29 is 0 Å². The van der Waals surface area contributed by atoms with E-state index < -0.39 is 0 Å². The predicted molar refractivity (Wildman–Crippen MR) is 95.2 cm³/mol. The zero-order valence-electron chi connectivity index (χ0n) is 13.0. The maximum atomic E-state index is 4.99. The fourth-order valence-corrected chi connectivity index (χ4v) is 3.71. The van der Waals surface area contributed by atoms with Gasteiger partial charge in [-0.15, -0.1) is 11.3 Å². The Morgan fingerprint density at radius 3 is 2.78 bits per heavy atom. The molecule has 5 heteroatoms. The second-order valence-corrected chi connectivity index (χ2v) is 6.47. The van der Waals surface area contributed by atoms with Gasteiger partial charge in [0.1, 0.15) is 16.5 Å². The SMILES string of the molecule is Cn1c(C2=CCNCC2)nc(-c2ccccc2)c1-c1nccs1. The zero-order chi connectivity index (χ0) is 15.6. The maximum absolute atomic E-state index is 4.99. The minimum Gasteiger partial charge on any atom is -0.325 e. The molecule has 0 bridgehead atoms. The minimum absolute atomic E-state index is 0.912. The molecular weight excluding hydrogens is 304 g/mol. The Kier molecular flexibility index (Phi) is 3.81. The van der Waals surface area contributed by atoms with Crippen molar-refractivity contribution in [3.05, 3.63) is 53.8 Å². The van der Waals surface area contributed by atoms with Crippen molar-refractivity contribution in [3.8, 4) is 22.0 Å². The molecule has 1 N–H and O–H groups in total. The third-order valence-electron chi connectivity index (χ3n) is 4.13. The first-order valence-electron chi connectivity index (χ1n) is 7.76. The number of nitrogens with zero attached hydrogens (tertiary/aromatic N) is 3. The van der Waals surface area contributed by atoms with Gasteiger partial charge in [0, 0.05) is 30.7 Å².